The molecule has 26 heavy (non-hydrogen) atoms. The zero-order valence-corrected chi connectivity index (χ0v) is 14.7. The molecule has 1 amide bonds. The van der Waals surface area contributed by atoms with Crippen LogP contribution in [-0.2, 0) is 16.0 Å². The van der Waals surface area contributed by atoms with Crippen LogP contribution in [0, 0.1) is 5.82 Å². The predicted octanol–water partition coefficient (Wildman–Crippen LogP) is 2.00. The Hall–Kier alpha value is -2.31. The third-order valence-corrected chi connectivity index (χ3v) is 4.58. The average molecular weight is 357 g/mol. The average Bonchev–Trinajstić information content (AvgIpc) is 2.68. The Balaban J connectivity index is 1.63. The van der Waals surface area contributed by atoms with Crippen LogP contribution in [0.1, 0.15) is 17.0 Å². The number of carbonyl (C=O) groups is 1. The fraction of sp³-hybridized carbons (Fsp3) is 0.400. The van der Waals surface area contributed by atoms with Gasteiger partial charge < -0.3 is 10.1 Å². The molecule has 1 saturated heterocycles. The van der Waals surface area contributed by atoms with Crippen LogP contribution < -0.4 is 5.32 Å². The van der Waals surface area contributed by atoms with Gasteiger partial charge in [0.1, 0.15) is 5.82 Å². The Morgan fingerprint density at radius 1 is 1.23 bits per heavy atom. The Kier molecular flexibility index (Phi) is 6.68. The van der Waals surface area contributed by atoms with Crippen LogP contribution in [0.3, 0.4) is 0 Å². The first-order valence-corrected chi connectivity index (χ1v) is 8.94. The van der Waals surface area contributed by atoms with Gasteiger partial charge in [-0.25, -0.2) is 4.39 Å². The van der Waals surface area contributed by atoms with E-state index in [0.717, 1.165) is 44.0 Å². The van der Waals surface area contributed by atoms with Gasteiger partial charge in [0.2, 0.25) is 5.91 Å². The van der Waals surface area contributed by atoms with Crippen LogP contribution in [0.5, 0.6) is 0 Å². The van der Waals surface area contributed by atoms with Crippen molar-refractivity contribution in [3.63, 3.8) is 0 Å². The number of pyridine rings is 1. The van der Waals surface area contributed by atoms with E-state index in [1.165, 1.54) is 12.1 Å². The minimum Gasteiger partial charge on any atom is -0.379 e. The van der Waals surface area contributed by atoms with E-state index in [9.17, 15) is 9.18 Å². The molecule has 0 saturated carbocycles. The van der Waals surface area contributed by atoms with Gasteiger partial charge in [0.15, 0.2) is 0 Å². The summed E-state index contributed by atoms with van der Waals surface area (Å²) in [7, 11) is 0. The molecule has 6 heteroatoms. The summed E-state index contributed by atoms with van der Waals surface area (Å²) in [6.45, 7) is 4.67. The van der Waals surface area contributed by atoms with Crippen LogP contribution in [-0.4, -0.2) is 55.2 Å². The lowest BCUT2D eigenvalue weighted by Crippen LogP contribution is -2.42. The molecular weight excluding hydrogens is 333 g/mol. The first-order chi connectivity index (χ1) is 12.7. The summed E-state index contributed by atoms with van der Waals surface area (Å²) in [6, 6.07) is 9.95. The van der Waals surface area contributed by atoms with Crippen LogP contribution >= 0.6 is 0 Å². The molecule has 0 spiro atoms. The van der Waals surface area contributed by atoms with E-state index in [0.29, 0.717) is 13.0 Å². The van der Waals surface area contributed by atoms with Crippen molar-refractivity contribution in [1.29, 1.82) is 0 Å². The molecular formula is C20H24FN3O2. The van der Waals surface area contributed by atoms with E-state index >= 15 is 0 Å². The molecule has 2 aromatic rings. The van der Waals surface area contributed by atoms with E-state index in [1.54, 1.807) is 24.5 Å². The number of aromatic nitrogens is 1. The maximum atomic E-state index is 13.3. The fourth-order valence-electron chi connectivity index (χ4n) is 3.10. The van der Waals surface area contributed by atoms with Crippen molar-refractivity contribution in [2.75, 3.05) is 39.4 Å². The molecule has 1 N–H and O–H groups in total. The number of nitrogens with one attached hydrogen (secondary N) is 1. The van der Waals surface area contributed by atoms with Crippen LogP contribution in [0.15, 0.2) is 48.8 Å². The van der Waals surface area contributed by atoms with Crippen molar-refractivity contribution in [2.24, 2.45) is 0 Å². The Morgan fingerprint density at radius 2 is 2.00 bits per heavy atom. The Bertz CT molecular complexity index is 688. The second-order valence-electron chi connectivity index (χ2n) is 6.41. The Labute approximate surface area is 153 Å². The number of hydrogen-bond donors (Lipinski definition) is 1. The van der Waals surface area contributed by atoms with E-state index in [4.69, 9.17) is 4.74 Å². The van der Waals surface area contributed by atoms with Crippen molar-refractivity contribution >= 4 is 5.91 Å². The van der Waals surface area contributed by atoms with Crippen molar-refractivity contribution in [3.05, 3.63) is 65.7 Å². The van der Waals surface area contributed by atoms with Gasteiger partial charge in [-0.1, -0.05) is 18.2 Å². The maximum absolute atomic E-state index is 13.3. The number of amides is 1. The third-order valence-electron chi connectivity index (χ3n) is 4.58. The van der Waals surface area contributed by atoms with Gasteiger partial charge in [0, 0.05) is 38.6 Å². The first-order valence-electron chi connectivity index (χ1n) is 8.94. The molecule has 1 aliphatic heterocycles. The summed E-state index contributed by atoms with van der Waals surface area (Å²) >= 11 is 0. The molecule has 1 aliphatic rings. The minimum absolute atomic E-state index is 0.0475. The van der Waals surface area contributed by atoms with E-state index < -0.39 is 0 Å². The summed E-state index contributed by atoms with van der Waals surface area (Å²) in [5.74, 6) is -0.722. The molecule has 1 atom stereocenters. The lowest BCUT2D eigenvalue weighted by molar-refractivity contribution is -0.122. The normalized spacial score (nSPS) is 16.2. The zero-order valence-electron chi connectivity index (χ0n) is 14.7. The summed E-state index contributed by atoms with van der Waals surface area (Å²) < 4.78 is 18.6. The summed E-state index contributed by atoms with van der Waals surface area (Å²) in [6.07, 6.45) is 4.00. The van der Waals surface area contributed by atoms with Crippen molar-refractivity contribution in [2.45, 2.75) is 12.3 Å². The van der Waals surface area contributed by atoms with Crippen molar-refractivity contribution < 1.29 is 13.9 Å². The topological polar surface area (TPSA) is 54.5 Å². The van der Waals surface area contributed by atoms with Crippen molar-refractivity contribution in [3.8, 4) is 0 Å². The third kappa shape index (κ3) is 5.34. The molecule has 1 fully saturated rings. The van der Waals surface area contributed by atoms with E-state index in [1.807, 2.05) is 12.1 Å². The van der Waals surface area contributed by atoms with Crippen LogP contribution in [0.2, 0.25) is 0 Å². The first kappa shape index (κ1) is 18.5. The van der Waals surface area contributed by atoms with Gasteiger partial charge in [-0.2, -0.15) is 0 Å². The quantitative estimate of drug-likeness (QED) is 0.824. The standard InChI is InChI=1S/C20H24FN3O2/c21-18-5-3-17(4-6-18)19(14-16-2-1-7-22-15-16)20(25)23-8-9-24-10-12-26-13-11-24/h1-7,15,19H,8-14H2,(H,23,25). The van der Waals surface area contributed by atoms with Crippen molar-refractivity contribution in [1.82, 2.24) is 15.2 Å². The number of halogens is 1. The SMILES string of the molecule is O=C(NCCN1CCOCC1)C(Cc1cccnc1)c1ccc(F)cc1. The number of nitrogens with zero attached hydrogens (tertiary/aromatic N) is 2. The molecule has 1 unspecified atom stereocenters. The maximum Gasteiger partial charge on any atom is 0.227 e. The van der Waals surface area contributed by atoms with E-state index in [2.05, 4.69) is 15.2 Å². The van der Waals surface area contributed by atoms with Crippen LogP contribution in [0.25, 0.3) is 0 Å². The number of ether oxygens (including phenoxy) is 1. The summed E-state index contributed by atoms with van der Waals surface area (Å²) in [5.41, 5.74) is 1.78. The number of rotatable bonds is 7. The number of morpholine rings is 1. The summed E-state index contributed by atoms with van der Waals surface area (Å²) in [5, 5.41) is 3.03. The molecule has 1 aromatic carbocycles. The number of benzene rings is 1. The van der Waals surface area contributed by atoms with Gasteiger partial charge in [-0.3, -0.25) is 14.7 Å². The monoisotopic (exact) mass is 357 g/mol. The highest BCUT2D eigenvalue weighted by atomic mass is 19.1. The smallest absolute Gasteiger partial charge is 0.227 e. The largest absolute Gasteiger partial charge is 0.379 e. The fourth-order valence-corrected chi connectivity index (χ4v) is 3.10. The highest BCUT2D eigenvalue weighted by molar-refractivity contribution is 5.84. The lowest BCUT2D eigenvalue weighted by atomic mass is 9.91. The molecule has 0 radical (unpaired) electrons. The van der Waals surface area contributed by atoms with Gasteiger partial charge in [0.05, 0.1) is 19.1 Å². The second kappa shape index (κ2) is 9.40. The van der Waals surface area contributed by atoms with E-state index in [-0.39, 0.29) is 17.6 Å². The molecule has 0 aliphatic carbocycles. The zero-order chi connectivity index (χ0) is 18.2. The molecule has 3 rings (SSSR count). The lowest BCUT2D eigenvalue weighted by Gasteiger charge is -2.27. The molecule has 2 heterocycles. The van der Waals surface area contributed by atoms with Gasteiger partial charge in [-0.05, 0) is 35.7 Å². The van der Waals surface area contributed by atoms with Gasteiger partial charge in [-0.15, -0.1) is 0 Å². The molecule has 5 nitrogen and oxygen atoms in total. The molecule has 1 aromatic heterocycles. The van der Waals surface area contributed by atoms with Gasteiger partial charge in [0.25, 0.3) is 0 Å². The number of hydrogen-bond acceptors (Lipinski definition) is 4. The number of carbonyl (C=O) groups excluding carboxylic acids is 1. The molecule has 0 bridgehead atoms. The van der Waals surface area contributed by atoms with Crippen LogP contribution in [0.4, 0.5) is 4.39 Å². The second-order valence-corrected chi connectivity index (χ2v) is 6.41. The predicted molar refractivity (Wildman–Crippen MR) is 97.4 cm³/mol. The van der Waals surface area contributed by atoms with Gasteiger partial charge >= 0.3 is 0 Å². The minimum atomic E-state index is -0.371. The summed E-state index contributed by atoms with van der Waals surface area (Å²) in [4.78, 5) is 19.2. The highest BCUT2D eigenvalue weighted by Gasteiger charge is 2.21. The molecule has 138 valence electrons. The Morgan fingerprint density at radius 3 is 2.69 bits per heavy atom. The highest BCUT2D eigenvalue weighted by Crippen LogP contribution is 2.21.